The first-order chi connectivity index (χ1) is 11.8. The van der Waals surface area contributed by atoms with Crippen molar-refractivity contribution in [3.05, 3.63) is 41.9 Å². The number of pyridine rings is 1. The molecule has 24 heavy (non-hydrogen) atoms. The fourth-order valence-corrected chi connectivity index (χ4v) is 2.69. The summed E-state index contributed by atoms with van der Waals surface area (Å²) >= 11 is 0. The Bertz CT molecular complexity index is 629. The van der Waals surface area contributed by atoms with Gasteiger partial charge in [0, 0.05) is 43.3 Å². The van der Waals surface area contributed by atoms with Crippen molar-refractivity contribution in [2.75, 3.05) is 43.1 Å². The fourth-order valence-electron chi connectivity index (χ4n) is 2.69. The van der Waals surface area contributed by atoms with Gasteiger partial charge in [-0.2, -0.15) is 4.98 Å². The molecule has 1 aliphatic rings. The maximum absolute atomic E-state index is 5.41. The molecule has 1 aliphatic heterocycles. The molecule has 0 amide bonds. The van der Waals surface area contributed by atoms with Crippen LogP contribution in [0.1, 0.15) is 24.7 Å². The fraction of sp³-hybridized carbons (Fsp3) is 0.500. The van der Waals surface area contributed by atoms with Crippen molar-refractivity contribution in [1.82, 2.24) is 15.0 Å². The molecule has 6 heteroatoms. The highest BCUT2D eigenvalue weighted by Gasteiger charge is 2.15. The molecule has 0 unspecified atom stereocenters. The maximum Gasteiger partial charge on any atom is 0.227 e. The van der Waals surface area contributed by atoms with Crippen LogP contribution in [0.5, 0.6) is 0 Å². The third-order valence-electron chi connectivity index (χ3n) is 4.07. The Kier molecular flexibility index (Phi) is 5.96. The van der Waals surface area contributed by atoms with E-state index in [2.05, 4.69) is 38.2 Å². The number of aryl methyl sites for hydroxylation is 2. The van der Waals surface area contributed by atoms with E-state index in [0.29, 0.717) is 0 Å². The van der Waals surface area contributed by atoms with Crippen molar-refractivity contribution in [1.29, 1.82) is 0 Å². The summed E-state index contributed by atoms with van der Waals surface area (Å²) in [5.74, 6) is 1.72. The summed E-state index contributed by atoms with van der Waals surface area (Å²) in [7, 11) is 0. The molecule has 3 heterocycles. The summed E-state index contributed by atoms with van der Waals surface area (Å²) < 4.78 is 5.41. The molecular weight excluding hydrogens is 302 g/mol. The molecule has 0 spiro atoms. The Hall–Kier alpha value is -2.21. The summed E-state index contributed by atoms with van der Waals surface area (Å²) in [5.41, 5.74) is 2.20. The Morgan fingerprint density at radius 2 is 2.04 bits per heavy atom. The van der Waals surface area contributed by atoms with Gasteiger partial charge in [-0.3, -0.25) is 4.98 Å². The van der Waals surface area contributed by atoms with Crippen LogP contribution in [0.25, 0.3) is 0 Å². The average Bonchev–Trinajstić information content (AvgIpc) is 2.66. The third kappa shape index (κ3) is 4.64. The average molecular weight is 327 g/mol. The van der Waals surface area contributed by atoms with Gasteiger partial charge in [0.05, 0.1) is 13.2 Å². The number of anilines is 2. The van der Waals surface area contributed by atoms with E-state index in [1.165, 1.54) is 0 Å². The second-order valence-electron chi connectivity index (χ2n) is 5.85. The number of rotatable bonds is 7. The standard InChI is InChI=1S/C18H25N5O/c1-2-15-14-17(20-9-5-7-16-6-3-4-8-19-16)22-18(21-15)23-10-12-24-13-11-23/h3-4,6,8,14H,2,5,7,9-13H2,1H3,(H,20,21,22). The lowest BCUT2D eigenvalue weighted by molar-refractivity contribution is 0.122. The lowest BCUT2D eigenvalue weighted by Gasteiger charge is -2.27. The predicted molar refractivity (Wildman–Crippen MR) is 95.5 cm³/mol. The summed E-state index contributed by atoms with van der Waals surface area (Å²) in [6.45, 7) is 6.19. The van der Waals surface area contributed by atoms with Gasteiger partial charge in [-0.05, 0) is 31.4 Å². The van der Waals surface area contributed by atoms with Crippen LogP contribution < -0.4 is 10.2 Å². The molecule has 0 atom stereocenters. The SMILES string of the molecule is CCc1cc(NCCCc2ccccn2)nc(N2CCOCC2)n1. The molecule has 1 N–H and O–H groups in total. The minimum Gasteiger partial charge on any atom is -0.378 e. The number of hydrogen-bond acceptors (Lipinski definition) is 6. The summed E-state index contributed by atoms with van der Waals surface area (Å²) in [6, 6.07) is 8.09. The minimum atomic E-state index is 0.743. The van der Waals surface area contributed by atoms with Crippen molar-refractivity contribution in [3.63, 3.8) is 0 Å². The Labute approximate surface area is 143 Å². The largest absolute Gasteiger partial charge is 0.378 e. The van der Waals surface area contributed by atoms with Crippen molar-refractivity contribution in [2.45, 2.75) is 26.2 Å². The molecule has 0 bridgehead atoms. The van der Waals surface area contributed by atoms with Crippen LogP contribution in [0.2, 0.25) is 0 Å². The molecule has 1 fully saturated rings. The molecule has 128 valence electrons. The Morgan fingerprint density at radius 3 is 2.79 bits per heavy atom. The van der Waals surface area contributed by atoms with Crippen LogP contribution in [0, 0.1) is 0 Å². The van der Waals surface area contributed by atoms with Gasteiger partial charge in [0.1, 0.15) is 5.82 Å². The number of morpholine rings is 1. The Balaban J connectivity index is 1.57. The van der Waals surface area contributed by atoms with E-state index in [-0.39, 0.29) is 0 Å². The monoisotopic (exact) mass is 327 g/mol. The molecule has 0 aliphatic carbocycles. The van der Waals surface area contributed by atoms with Gasteiger partial charge in [-0.1, -0.05) is 13.0 Å². The van der Waals surface area contributed by atoms with Gasteiger partial charge in [-0.25, -0.2) is 4.98 Å². The van der Waals surface area contributed by atoms with Gasteiger partial charge in [0.15, 0.2) is 0 Å². The van der Waals surface area contributed by atoms with Crippen LogP contribution >= 0.6 is 0 Å². The molecule has 0 radical (unpaired) electrons. The molecule has 6 nitrogen and oxygen atoms in total. The number of nitrogens with zero attached hydrogens (tertiary/aromatic N) is 4. The summed E-state index contributed by atoms with van der Waals surface area (Å²) in [4.78, 5) is 15.9. The first kappa shape index (κ1) is 16.6. The number of nitrogens with one attached hydrogen (secondary N) is 1. The van der Waals surface area contributed by atoms with Crippen LogP contribution in [-0.2, 0) is 17.6 Å². The van der Waals surface area contributed by atoms with Crippen molar-refractivity contribution < 1.29 is 4.74 Å². The second kappa shape index (κ2) is 8.59. The zero-order valence-electron chi connectivity index (χ0n) is 14.2. The van der Waals surface area contributed by atoms with Crippen LogP contribution in [0.15, 0.2) is 30.5 Å². The molecular formula is C18H25N5O. The van der Waals surface area contributed by atoms with Crippen molar-refractivity contribution in [2.24, 2.45) is 0 Å². The van der Waals surface area contributed by atoms with E-state index in [0.717, 1.165) is 75.3 Å². The number of aromatic nitrogens is 3. The Morgan fingerprint density at radius 1 is 1.17 bits per heavy atom. The van der Waals surface area contributed by atoms with Crippen molar-refractivity contribution >= 4 is 11.8 Å². The van der Waals surface area contributed by atoms with Gasteiger partial charge >= 0.3 is 0 Å². The molecule has 1 saturated heterocycles. The van der Waals surface area contributed by atoms with Crippen LogP contribution in [0.3, 0.4) is 0 Å². The summed E-state index contributed by atoms with van der Waals surface area (Å²) in [6.07, 6.45) is 4.74. The van der Waals surface area contributed by atoms with Gasteiger partial charge < -0.3 is 15.0 Å². The van der Waals surface area contributed by atoms with E-state index in [4.69, 9.17) is 4.74 Å². The van der Waals surface area contributed by atoms with Gasteiger partial charge in [-0.15, -0.1) is 0 Å². The maximum atomic E-state index is 5.41. The topological polar surface area (TPSA) is 63.2 Å². The zero-order chi connectivity index (χ0) is 16.6. The van der Waals surface area contributed by atoms with E-state index < -0.39 is 0 Å². The second-order valence-corrected chi connectivity index (χ2v) is 5.85. The van der Waals surface area contributed by atoms with E-state index >= 15 is 0 Å². The van der Waals surface area contributed by atoms with Gasteiger partial charge in [0.2, 0.25) is 5.95 Å². The smallest absolute Gasteiger partial charge is 0.227 e. The molecule has 0 saturated carbocycles. The van der Waals surface area contributed by atoms with E-state index in [1.807, 2.05) is 24.4 Å². The van der Waals surface area contributed by atoms with E-state index in [1.54, 1.807) is 0 Å². The predicted octanol–water partition coefficient (Wildman–Crippen LogP) is 2.32. The first-order valence-corrected chi connectivity index (χ1v) is 8.69. The highest BCUT2D eigenvalue weighted by molar-refractivity contribution is 5.44. The number of hydrogen-bond donors (Lipinski definition) is 1. The molecule has 3 rings (SSSR count). The molecule has 0 aromatic carbocycles. The van der Waals surface area contributed by atoms with Crippen LogP contribution in [-0.4, -0.2) is 47.8 Å². The zero-order valence-corrected chi connectivity index (χ0v) is 14.2. The quantitative estimate of drug-likeness (QED) is 0.788. The molecule has 2 aromatic heterocycles. The van der Waals surface area contributed by atoms with E-state index in [9.17, 15) is 0 Å². The molecule has 2 aromatic rings. The lowest BCUT2D eigenvalue weighted by atomic mass is 10.2. The number of ether oxygens (including phenoxy) is 1. The third-order valence-corrected chi connectivity index (χ3v) is 4.07. The first-order valence-electron chi connectivity index (χ1n) is 8.69. The highest BCUT2D eigenvalue weighted by atomic mass is 16.5. The van der Waals surface area contributed by atoms with Crippen molar-refractivity contribution in [3.8, 4) is 0 Å². The highest BCUT2D eigenvalue weighted by Crippen LogP contribution is 2.16. The lowest BCUT2D eigenvalue weighted by Crippen LogP contribution is -2.37. The normalized spacial score (nSPS) is 14.6. The van der Waals surface area contributed by atoms with Gasteiger partial charge in [0.25, 0.3) is 0 Å². The summed E-state index contributed by atoms with van der Waals surface area (Å²) in [5, 5.41) is 3.43. The van der Waals surface area contributed by atoms with Crippen LogP contribution in [0.4, 0.5) is 11.8 Å². The minimum absolute atomic E-state index is 0.743.